The predicted molar refractivity (Wildman–Crippen MR) is 101 cm³/mol. The minimum atomic E-state index is 0.607. The third kappa shape index (κ3) is 2.40. The minimum absolute atomic E-state index is 0.607. The summed E-state index contributed by atoms with van der Waals surface area (Å²) in [4.78, 5) is 4.61. The van der Waals surface area contributed by atoms with Gasteiger partial charge in [0, 0.05) is 29.2 Å². The second-order valence-electron chi connectivity index (χ2n) is 5.54. The van der Waals surface area contributed by atoms with E-state index in [0.717, 1.165) is 32.7 Å². The number of benzene rings is 2. The van der Waals surface area contributed by atoms with E-state index in [1.807, 2.05) is 42.5 Å². The molecular weight excluding hydrogens is 314 g/mol. The molecular formula is C20H15N3S. The molecule has 0 bridgehead atoms. The van der Waals surface area contributed by atoms with E-state index in [2.05, 4.69) is 40.9 Å². The Bertz CT molecular complexity index is 1080. The third-order valence-corrected chi connectivity index (χ3v) is 5.17. The number of rotatable bonds is 3. The predicted octanol–water partition coefficient (Wildman–Crippen LogP) is 5.34. The van der Waals surface area contributed by atoms with Gasteiger partial charge in [-0.1, -0.05) is 30.3 Å². The van der Waals surface area contributed by atoms with Crippen molar-refractivity contribution in [3.63, 3.8) is 0 Å². The molecule has 0 aliphatic heterocycles. The van der Waals surface area contributed by atoms with Gasteiger partial charge in [-0.2, -0.15) is 5.26 Å². The summed E-state index contributed by atoms with van der Waals surface area (Å²) in [5.74, 6) is 0. The summed E-state index contributed by atoms with van der Waals surface area (Å²) in [7, 11) is 0. The van der Waals surface area contributed by atoms with Crippen molar-refractivity contribution in [1.29, 1.82) is 5.26 Å². The van der Waals surface area contributed by atoms with E-state index >= 15 is 0 Å². The summed E-state index contributed by atoms with van der Waals surface area (Å²) < 4.78 is 3.30. The van der Waals surface area contributed by atoms with Crippen LogP contribution in [0.1, 0.15) is 17.5 Å². The summed E-state index contributed by atoms with van der Waals surface area (Å²) in [5.41, 5.74) is 3.79. The van der Waals surface area contributed by atoms with Crippen LogP contribution in [-0.4, -0.2) is 9.55 Å². The first-order valence-electron chi connectivity index (χ1n) is 7.85. The average Bonchev–Trinajstić information content (AvgIpc) is 3.21. The highest BCUT2D eigenvalue weighted by atomic mass is 32.1. The zero-order valence-electron chi connectivity index (χ0n) is 13.2. The Morgan fingerprint density at radius 3 is 2.79 bits per heavy atom. The van der Waals surface area contributed by atoms with Crippen molar-refractivity contribution in [2.75, 3.05) is 0 Å². The van der Waals surface area contributed by atoms with Gasteiger partial charge < -0.3 is 4.57 Å². The molecule has 0 radical (unpaired) electrons. The number of hydrogen-bond donors (Lipinski definition) is 0. The van der Waals surface area contributed by atoms with Gasteiger partial charge in [-0.25, -0.2) is 4.98 Å². The molecule has 0 unspecified atom stereocenters. The maximum Gasteiger partial charge on any atom is 0.135 e. The molecule has 0 saturated heterocycles. The Morgan fingerprint density at radius 2 is 2.00 bits per heavy atom. The van der Waals surface area contributed by atoms with Crippen LogP contribution in [0.5, 0.6) is 0 Å². The van der Waals surface area contributed by atoms with E-state index in [-0.39, 0.29) is 0 Å². The van der Waals surface area contributed by atoms with Gasteiger partial charge in [0.15, 0.2) is 0 Å². The molecule has 0 aliphatic carbocycles. The third-order valence-electron chi connectivity index (χ3n) is 4.10. The molecule has 2 aromatic carbocycles. The van der Waals surface area contributed by atoms with Crippen LogP contribution < -0.4 is 0 Å². The van der Waals surface area contributed by atoms with Crippen LogP contribution in [0.25, 0.3) is 32.8 Å². The van der Waals surface area contributed by atoms with E-state index in [9.17, 15) is 5.26 Å². The molecule has 4 aromatic rings. The highest BCUT2D eigenvalue weighted by molar-refractivity contribution is 7.19. The van der Waals surface area contributed by atoms with Crippen molar-refractivity contribution in [3.8, 4) is 6.07 Å². The average molecular weight is 329 g/mol. The smallest absolute Gasteiger partial charge is 0.135 e. The Morgan fingerprint density at radius 1 is 1.21 bits per heavy atom. The van der Waals surface area contributed by atoms with Crippen LogP contribution in [0, 0.1) is 11.3 Å². The van der Waals surface area contributed by atoms with E-state index < -0.39 is 0 Å². The molecule has 4 heteroatoms. The Hall–Kier alpha value is -2.90. The first-order chi connectivity index (χ1) is 11.8. The second-order valence-corrected chi connectivity index (χ2v) is 6.57. The Kier molecular flexibility index (Phi) is 3.64. The monoisotopic (exact) mass is 329 g/mol. The van der Waals surface area contributed by atoms with Crippen LogP contribution in [0.3, 0.4) is 0 Å². The van der Waals surface area contributed by atoms with Crippen molar-refractivity contribution in [2.24, 2.45) is 0 Å². The molecule has 0 saturated carbocycles. The standard InChI is InChI=1S/C20H15N3S/c1-2-23-13-15(16-7-3-5-9-18(16)23)11-14(12-21)20-22-17-8-4-6-10-19(17)24-20/h3-11,13H,2H2,1H3/b14-11-. The molecule has 0 spiro atoms. The Balaban J connectivity index is 1.88. The van der Waals surface area contributed by atoms with Crippen LogP contribution in [0.15, 0.2) is 54.7 Å². The zero-order chi connectivity index (χ0) is 16.5. The number of allylic oxidation sites excluding steroid dienone is 1. The SMILES string of the molecule is CCn1cc(/C=C(/C#N)c2nc3ccccc3s2)c2ccccc21. The lowest BCUT2D eigenvalue weighted by atomic mass is 10.1. The van der Waals surface area contributed by atoms with Gasteiger partial charge in [0.05, 0.1) is 15.8 Å². The fourth-order valence-corrected chi connectivity index (χ4v) is 3.87. The number of thiazole rings is 1. The van der Waals surface area contributed by atoms with Gasteiger partial charge in [-0.3, -0.25) is 0 Å². The fraction of sp³-hybridized carbons (Fsp3) is 0.100. The van der Waals surface area contributed by atoms with Gasteiger partial charge >= 0.3 is 0 Å². The Labute approximate surface area is 144 Å². The van der Waals surface area contributed by atoms with Gasteiger partial charge in [-0.05, 0) is 31.2 Å². The van der Waals surface area contributed by atoms with Crippen LogP contribution in [-0.2, 0) is 6.54 Å². The number of nitriles is 1. The molecule has 24 heavy (non-hydrogen) atoms. The summed E-state index contributed by atoms with van der Waals surface area (Å²) in [6.45, 7) is 3.02. The van der Waals surface area contributed by atoms with E-state index in [4.69, 9.17) is 0 Å². The first kappa shape index (κ1) is 14.7. The lowest BCUT2D eigenvalue weighted by Gasteiger charge is -1.97. The van der Waals surface area contributed by atoms with E-state index in [1.165, 1.54) is 5.52 Å². The summed E-state index contributed by atoms with van der Waals surface area (Å²) in [6.07, 6.45) is 4.06. The highest BCUT2D eigenvalue weighted by Gasteiger charge is 2.11. The maximum absolute atomic E-state index is 9.64. The molecule has 2 aromatic heterocycles. The number of para-hydroxylation sites is 2. The molecule has 0 aliphatic rings. The first-order valence-corrected chi connectivity index (χ1v) is 8.67. The second kappa shape index (κ2) is 5.95. The quantitative estimate of drug-likeness (QED) is 0.476. The molecule has 4 rings (SSSR count). The zero-order valence-corrected chi connectivity index (χ0v) is 14.0. The van der Waals surface area contributed by atoms with Crippen molar-refractivity contribution < 1.29 is 0 Å². The van der Waals surface area contributed by atoms with E-state index in [1.54, 1.807) is 11.3 Å². The topological polar surface area (TPSA) is 41.6 Å². The molecule has 0 amide bonds. The van der Waals surface area contributed by atoms with Gasteiger partial charge in [0.1, 0.15) is 11.1 Å². The number of fused-ring (bicyclic) bond motifs is 2. The minimum Gasteiger partial charge on any atom is -0.347 e. The summed E-state index contributed by atoms with van der Waals surface area (Å²) in [6, 6.07) is 18.6. The van der Waals surface area contributed by atoms with Crippen molar-refractivity contribution in [3.05, 3.63) is 65.3 Å². The molecule has 0 fully saturated rings. The van der Waals surface area contributed by atoms with Crippen molar-refractivity contribution in [2.45, 2.75) is 13.5 Å². The largest absolute Gasteiger partial charge is 0.347 e. The van der Waals surface area contributed by atoms with Gasteiger partial charge in [0.25, 0.3) is 0 Å². The number of nitrogens with zero attached hydrogens (tertiary/aromatic N) is 3. The molecule has 116 valence electrons. The lowest BCUT2D eigenvalue weighted by Crippen LogP contribution is -1.89. The number of hydrogen-bond acceptors (Lipinski definition) is 3. The molecule has 2 heterocycles. The maximum atomic E-state index is 9.64. The molecule has 0 N–H and O–H groups in total. The van der Waals surface area contributed by atoms with Crippen molar-refractivity contribution >= 4 is 44.1 Å². The van der Waals surface area contributed by atoms with Gasteiger partial charge in [-0.15, -0.1) is 11.3 Å². The van der Waals surface area contributed by atoms with Crippen LogP contribution >= 0.6 is 11.3 Å². The summed E-state index contributed by atoms with van der Waals surface area (Å²) in [5, 5.41) is 11.6. The highest BCUT2D eigenvalue weighted by Crippen LogP contribution is 2.30. The van der Waals surface area contributed by atoms with Crippen LogP contribution in [0.4, 0.5) is 0 Å². The fourth-order valence-electron chi connectivity index (χ4n) is 2.94. The normalized spacial score (nSPS) is 11.9. The summed E-state index contributed by atoms with van der Waals surface area (Å²) >= 11 is 1.56. The van der Waals surface area contributed by atoms with Crippen LogP contribution in [0.2, 0.25) is 0 Å². The van der Waals surface area contributed by atoms with E-state index in [0.29, 0.717) is 5.57 Å². The number of aryl methyl sites for hydroxylation is 1. The van der Waals surface area contributed by atoms with Crippen molar-refractivity contribution in [1.82, 2.24) is 9.55 Å². The molecule has 0 atom stereocenters. The van der Waals surface area contributed by atoms with Gasteiger partial charge in [0.2, 0.25) is 0 Å². The lowest BCUT2D eigenvalue weighted by molar-refractivity contribution is 0.797. The molecule has 3 nitrogen and oxygen atoms in total. The number of aromatic nitrogens is 2.